The van der Waals surface area contributed by atoms with Crippen LogP contribution in [0.3, 0.4) is 0 Å². The minimum absolute atomic E-state index is 0.101. The van der Waals surface area contributed by atoms with Crippen molar-refractivity contribution in [2.45, 2.75) is 25.9 Å². The molecule has 3 rings (SSSR count). The second kappa shape index (κ2) is 6.96. The summed E-state index contributed by atoms with van der Waals surface area (Å²) in [6.07, 6.45) is 2.37. The molecule has 0 saturated heterocycles. The van der Waals surface area contributed by atoms with Crippen LogP contribution in [0.25, 0.3) is 0 Å². The molecule has 1 aliphatic heterocycles. The van der Waals surface area contributed by atoms with Gasteiger partial charge in [-0.3, -0.25) is 18.7 Å². The zero-order valence-corrected chi connectivity index (χ0v) is 14.4. The van der Waals surface area contributed by atoms with Crippen molar-refractivity contribution < 1.29 is 4.79 Å². The van der Waals surface area contributed by atoms with E-state index in [9.17, 15) is 14.4 Å². The summed E-state index contributed by atoms with van der Waals surface area (Å²) in [4.78, 5) is 37.8. The normalized spacial score (nSPS) is 14.2. The Morgan fingerprint density at radius 1 is 1.24 bits per heavy atom. The van der Waals surface area contributed by atoms with Crippen LogP contribution < -0.4 is 21.5 Å². The molecule has 1 N–H and O–H groups in total. The first-order valence-electron chi connectivity index (χ1n) is 8.35. The number of rotatable bonds is 5. The minimum Gasteiger partial charge on any atom is -0.366 e. The number of nitrogens with zero attached hydrogens (tertiary/aromatic N) is 3. The summed E-state index contributed by atoms with van der Waals surface area (Å²) < 4.78 is 2.21. The largest absolute Gasteiger partial charge is 0.366 e. The van der Waals surface area contributed by atoms with Gasteiger partial charge in [-0.15, -0.1) is 0 Å². The van der Waals surface area contributed by atoms with Crippen LogP contribution in [0, 0.1) is 0 Å². The van der Waals surface area contributed by atoms with Crippen molar-refractivity contribution in [1.29, 1.82) is 0 Å². The lowest BCUT2D eigenvalue weighted by molar-refractivity contribution is -0.121. The summed E-state index contributed by atoms with van der Waals surface area (Å²) in [5.74, 6) is -0.250. The molecule has 1 aromatic carbocycles. The predicted molar refractivity (Wildman–Crippen MR) is 95.9 cm³/mol. The molecular weight excluding hydrogens is 320 g/mol. The molecule has 0 radical (unpaired) electrons. The monoisotopic (exact) mass is 342 g/mol. The van der Waals surface area contributed by atoms with Gasteiger partial charge in [-0.2, -0.15) is 0 Å². The van der Waals surface area contributed by atoms with Gasteiger partial charge in [0.15, 0.2) is 0 Å². The number of anilines is 1. The number of hydrogen-bond acceptors (Lipinski definition) is 4. The van der Waals surface area contributed by atoms with Gasteiger partial charge in [-0.25, -0.2) is 4.79 Å². The second-order valence-corrected chi connectivity index (χ2v) is 6.35. The predicted octanol–water partition coefficient (Wildman–Crippen LogP) is 0.114. The Hall–Kier alpha value is -2.83. The summed E-state index contributed by atoms with van der Waals surface area (Å²) >= 11 is 0. The first kappa shape index (κ1) is 17.0. The average Bonchev–Trinajstić information content (AvgIpc) is 3.04. The number of amides is 1. The molecule has 1 atom stereocenters. The summed E-state index contributed by atoms with van der Waals surface area (Å²) in [6.45, 7) is 3.40. The van der Waals surface area contributed by atoms with Crippen LogP contribution in [0.15, 0.2) is 46.1 Å². The van der Waals surface area contributed by atoms with Gasteiger partial charge in [0.05, 0.1) is 0 Å². The van der Waals surface area contributed by atoms with E-state index in [-0.39, 0.29) is 24.1 Å². The number of hydrogen-bond donors (Lipinski definition) is 1. The van der Waals surface area contributed by atoms with Crippen LogP contribution in [-0.4, -0.2) is 34.2 Å². The molecule has 0 spiro atoms. The van der Waals surface area contributed by atoms with Crippen molar-refractivity contribution >= 4 is 11.6 Å². The third-order valence-corrected chi connectivity index (χ3v) is 4.62. The zero-order chi connectivity index (χ0) is 18.0. The Morgan fingerprint density at radius 2 is 2.00 bits per heavy atom. The average molecular weight is 342 g/mol. The van der Waals surface area contributed by atoms with Gasteiger partial charge in [0, 0.05) is 44.1 Å². The highest BCUT2D eigenvalue weighted by Crippen LogP contribution is 2.28. The molecule has 132 valence electrons. The highest BCUT2D eigenvalue weighted by Gasteiger charge is 2.23. The lowest BCUT2D eigenvalue weighted by atomic mass is 10.2. The van der Waals surface area contributed by atoms with Crippen LogP contribution in [0.5, 0.6) is 0 Å². The molecular formula is C18H22N4O3. The van der Waals surface area contributed by atoms with Crippen molar-refractivity contribution in [1.82, 2.24) is 14.5 Å². The third-order valence-electron chi connectivity index (χ3n) is 4.62. The molecule has 1 aliphatic rings. The van der Waals surface area contributed by atoms with Crippen LogP contribution in [0.2, 0.25) is 0 Å². The van der Waals surface area contributed by atoms with Gasteiger partial charge in [-0.1, -0.05) is 18.2 Å². The number of benzene rings is 1. The Kier molecular flexibility index (Phi) is 4.74. The number of carbonyl (C=O) groups excluding carboxylic acids is 1. The van der Waals surface area contributed by atoms with E-state index >= 15 is 0 Å². The third kappa shape index (κ3) is 3.50. The standard InChI is InChI=1S/C18H22N4O3/c1-13(22-10-7-14-5-3-4-6-15(14)22)11-19-16(23)12-21-9-8-17(24)20(2)18(21)25/h3-6,8-9,13H,7,10-12H2,1-2H3,(H,19,23). The second-order valence-electron chi connectivity index (χ2n) is 6.35. The zero-order valence-electron chi connectivity index (χ0n) is 14.4. The van der Waals surface area contributed by atoms with Gasteiger partial charge < -0.3 is 10.2 Å². The van der Waals surface area contributed by atoms with Crippen LogP contribution >= 0.6 is 0 Å². The number of para-hydroxylation sites is 1. The molecule has 0 saturated carbocycles. The maximum Gasteiger partial charge on any atom is 0.331 e. The fourth-order valence-corrected chi connectivity index (χ4v) is 3.14. The van der Waals surface area contributed by atoms with Crippen LogP contribution in [0.1, 0.15) is 12.5 Å². The van der Waals surface area contributed by atoms with Crippen LogP contribution in [-0.2, 0) is 24.8 Å². The quantitative estimate of drug-likeness (QED) is 0.837. The highest BCUT2D eigenvalue weighted by molar-refractivity contribution is 5.75. The Labute approximate surface area is 145 Å². The molecule has 2 heterocycles. The highest BCUT2D eigenvalue weighted by atomic mass is 16.2. The Balaban J connectivity index is 1.59. The minimum atomic E-state index is -0.496. The van der Waals surface area contributed by atoms with Gasteiger partial charge in [0.2, 0.25) is 5.91 Å². The number of nitrogens with one attached hydrogen (secondary N) is 1. The Morgan fingerprint density at radius 3 is 2.80 bits per heavy atom. The molecule has 25 heavy (non-hydrogen) atoms. The smallest absolute Gasteiger partial charge is 0.331 e. The van der Waals surface area contributed by atoms with Crippen molar-refractivity contribution in [3.63, 3.8) is 0 Å². The molecule has 1 unspecified atom stereocenters. The van der Waals surface area contributed by atoms with Gasteiger partial charge >= 0.3 is 5.69 Å². The van der Waals surface area contributed by atoms with E-state index < -0.39 is 5.69 Å². The fourth-order valence-electron chi connectivity index (χ4n) is 3.14. The van der Waals surface area contributed by atoms with E-state index in [0.717, 1.165) is 17.5 Å². The molecule has 7 heteroatoms. The van der Waals surface area contributed by atoms with E-state index in [1.165, 1.54) is 35.1 Å². The lowest BCUT2D eigenvalue weighted by Gasteiger charge is -2.27. The van der Waals surface area contributed by atoms with E-state index in [1.807, 2.05) is 12.1 Å². The number of fused-ring (bicyclic) bond motifs is 1. The molecule has 0 bridgehead atoms. The molecule has 1 aromatic heterocycles. The molecule has 7 nitrogen and oxygen atoms in total. The van der Waals surface area contributed by atoms with Crippen molar-refractivity contribution in [2.24, 2.45) is 7.05 Å². The summed E-state index contributed by atoms with van der Waals surface area (Å²) in [5, 5.41) is 2.87. The summed E-state index contributed by atoms with van der Waals surface area (Å²) in [7, 11) is 1.39. The SMILES string of the molecule is CC(CNC(=O)Cn1ccc(=O)n(C)c1=O)N1CCc2ccccc21. The van der Waals surface area contributed by atoms with Gasteiger partial charge in [0.1, 0.15) is 6.54 Å². The summed E-state index contributed by atoms with van der Waals surface area (Å²) in [5.41, 5.74) is 1.67. The van der Waals surface area contributed by atoms with Gasteiger partial charge in [-0.05, 0) is 25.0 Å². The topological polar surface area (TPSA) is 76.3 Å². The maximum atomic E-state index is 12.1. The first-order valence-corrected chi connectivity index (χ1v) is 8.35. The van der Waals surface area contributed by atoms with Crippen molar-refractivity contribution in [3.8, 4) is 0 Å². The molecule has 0 fully saturated rings. The lowest BCUT2D eigenvalue weighted by Crippen LogP contribution is -2.44. The Bertz CT molecular complexity index is 900. The van der Waals surface area contributed by atoms with E-state index in [4.69, 9.17) is 0 Å². The van der Waals surface area contributed by atoms with E-state index in [1.54, 1.807) is 0 Å². The molecule has 0 aliphatic carbocycles. The number of aromatic nitrogens is 2. The molecule has 2 aromatic rings. The van der Waals surface area contributed by atoms with E-state index in [2.05, 4.69) is 29.3 Å². The maximum absolute atomic E-state index is 12.1. The first-order chi connectivity index (χ1) is 12.0. The number of carbonyl (C=O) groups is 1. The van der Waals surface area contributed by atoms with E-state index in [0.29, 0.717) is 6.54 Å². The van der Waals surface area contributed by atoms with Crippen LogP contribution in [0.4, 0.5) is 5.69 Å². The molecule has 1 amide bonds. The summed E-state index contributed by atoms with van der Waals surface area (Å²) in [6, 6.07) is 9.73. The van der Waals surface area contributed by atoms with Crippen molar-refractivity contribution in [3.05, 3.63) is 62.9 Å². The fraction of sp³-hybridized carbons (Fsp3) is 0.389. The van der Waals surface area contributed by atoms with Gasteiger partial charge in [0.25, 0.3) is 5.56 Å². The van der Waals surface area contributed by atoms with Crippen molar-refractivity contribution in [2.75, 3.05) is 18.0 Å².